The lowest BCUT2D eigenvalue weighted by atomic mass is 10.4. The molecule has 0 unspecified atom stereocenters. The van der Waals surface area contributed by atoms with Crippen molar-refractivity contribution in [3.8, 4) is 0 Å². The fourth-order valence-electron chi connectivity index (χ4n) is 2.07. The van der Waals surface area contributed by atoms with Crippen LogP contribution in [0.5, 0.6) is 0 Å². The summed E-state index contributed by atoms with van der Waals surface area (Å²) in [5.74, 6) is 0.841. The molecule has 1 rings (SSSR count). The molecule has 0 amide bonds. The van der Waals surface area contributed by atoms with Crippen LogP contribution in [0.2, 0.25) is 0 Å². The Labute approximate surface area is 132 Å². The van der Waals surface area contributed by atoms with E-state index in [-0.39, 0.29) is 0 Å². The number of nitrogens with one attached hydrogen (secondary N) is 2. The van der Waals surface area contributed by atoms with Crippen LogP contribution in [0, 0.1) is 13.8 Å². The number of aliphatic imine (C=N–C) groups is 1. The summed E-state index contributed by atoms with van der Waals surface area (Å²) < 4.78 is 0. The molecule has 0 radical (unpaired) electrons. The molecule has 1 aromatic rings. The van der Waals surface area contributed by atoms with Crippen molar-refractivity contribution in [2.24, 2.45) is 4.99 Å². The van der Waals surface area contributed by atoms with Crippen LogP contribution >= 0.6 is 11.3 Å². The van der Waals surface area contributed by atoms with Crippen LogP contribution in [-0.2, 0) is 6.54 Å². The van der Waals surface area contributed by atoms with Crippen LogP contribution < -0.4 is 10.6 Å². The number of thiazole rings is 1. The Hall–Kier alpha value is -1.14. The van der Waals surface area contributed by atoms with E-state index in [9.17, 15) is 0 Å². The molecule has 0 spiro atoms. The molecule has 0 aromatic carbocycles. The third-order valence-corrected chi connectivity index (χ3v) is 4.48. The van der Waals surface area contributed by atoms with Crippen molar-refractivity contribution in [3.63, 3.8) is 0 Å². The summed E-state index contributed by atoms with van der Waals surface area (Å²) in [6, 6.07) is 0. The van der Waals surface area contributed by atoms with Gasteiger partial charge in [0.15, 0.2) is 5.96 Å². The summed E-state index contributed by atoms with van der Waals surface area (Å²) in [6.07, 6.45) is 1.20. The Morgan fingerprint density at radius 1 is 1.24 bits per heavy atom. The van der Waals surface area contributed by atoms with Crippen LogP contribution in [-0.4, -0.2) is 49.1 Å². The van der Waals surface area contributed by atoms with Crippen molar-refractivity contribution in [3.05, 3.63) is 15.6 Å². The molecule has 0 aliphatic heterocycles. The molecule has 0 saturated carbocycles. The molecule has 1 heterocycles. The molecule has 2 N–H and O–H groups in total. The highest BCUT2D eigenvalue weighted by Crippen LogP contribution is 2.15. The standard InChI is InChI=1S/C15H29N5S/c1-6-9-20(7-2)10-8-17-15(16-5)18-11-14-19-12(3)13(4)21-14/h6-11H2,1-5H3,(H2,16,17,18). The SMILES string of the molecule is CCCN(CC)CCNC(=NC)NCc1nc(C)c(C)s1. The molecular weight excluding hydrogens is 282 g/mol. The molecule has 120 valence electrons. The minimum Gasteiger partial charge on any atom is -0.355 e. The molecule has 1 aromatic heterocycles. The summed E-state index contributed by atoms with van der Waals surface area (Å²) in [5, 5.41) is 7.78. The van der Waals surface area contributed by atoms with Gasteiger partial charge >= 0.3 is 0 Å². The molecule has 0 atom stereocenters. The molecule has 0 aliphatic rings. The molecule has 5 nitrogen and oxygen atoms in total. The van der Waals surface area contributed by atoms with E-state index < -0.39 is 0 Å². The average molecular weight is 311 g/mol. The van der Waals surface area contributed by atoms with E-state index in [0.717, 1.165) is 49.4 Å². The van der Waals surface area contributed by atoms with E-state index in [4.69, 9.17) is 0 Å². The lowest BCUT2D eigenvalue weighted by Crippen LogP contribution is -2.41. The summed E-state index contributed by atoms with van der Waals surface area (Å²) in [6.45, 7) is 13.5. The van der Waals surface area contributed by atoms with Gasteiger partial charge in [-0.2, -0.15) is 0 Å². The van der Waals surface area contributed by atoms with Gasteiger partial charge in [0.1, 0.15) is 5.01 Å². The number of guanidine groups is 1. The van der Waals surface area contributed by atoms with Crippen molar-refractivity contribution >= 4 is 17.3 Å². The zero-order valence-electron chi connectivity index (χ0n) is 14.0. The average Bonchev–Trinajstić information content (AvgIpc) is 2.80. The number of hydrogen-bond donors (Lipinski definition) is 2. The number of aromatic nitrogens is 1. The highest BCUT2D eigenvalue weighted by Gasteiger charge is 2.05. The zero-order valence-corrected chi connectivity index (χ0v) is 14.8. The molecule has 6 heteroatoms. The van der Waals surface area contributed by atoms with Crippen LogP contribution in [0.1, 0.15) is 35.8 Å². The van der Waals surface area contributed by atoms with E-state index in [2.05, 4.69) is 53.2 Å². The quantitative estimate of drug-likeness (QED) is 0.570. The first-order valence-corrected chi connectivity index (χ1v) is 8.52. The summed E-state index contributed by atoms with van der Waals surface area (Å²) in [5.41, 5.74) is 1.12. The predicted octanol–water partition coefficient (Wildman–Crippen LogP) is 2.16. The second-order valence-electron chi connectivity index (χ2n) is 5.04. The fraction of sp³-hybridized carbons (Fsp3) is 0.733. The predicted molar refractivity (Wildman–Crippen MR) is 92.2 cm³/mol. The first-order chi connectivity index (χ1) is 10.1. The minimum absolute atomic E-state index is 0.728. The Bertz CT molecular complexity index is 422. The van der Waals surface area contributed by atoms with Gasteiger partial charge in [-0.25, -0.2) is 4.98 Å². The normalized spacial score (nSPS) is 12.0. The van der Waals surface area contributed by atoms with E-state index >= 15 is 0 Å². The monoisotopic (exact) mass is 311 g/mol. The van der Waals surface area contributed by atoms with Crippen LogP contribution in [0.25, 0.3) is 0 Å². The zero-order chi connectivity index (χ0) is 15.7. The Balaban J connectivity index is 2.32. The van der Waals surface area contributed by atoms with Gasteiger partial charge in [0.2, 0.25) is 0 Å². The third kappa shape index (κ3) is 6.44. The van der Waals surface area contributed by atoms with Gasteiger partial charge in [-0.15, -0.1) is 11.3 Å². The van der Waals surface area contributed by atoms with Gasteiger partial charge in [0, 0.05) is 25.0 Å². The number of rotatable bonds is 8. The summed E-state index contributed by atoms with van der Waals surface area (Å²) in [7, 11) is 1.80. The van der Waals surface area contributed by atoms with Crippen LogP contribution in [0.3, 0.4) is 0 Å². The summed E-state index contributed by atoms with van der Waals surface area (Å²) in [4.78, 5) is 12.5. The molecular formula is C15H29N5S. The maximum absolute atomic E-state index is 4.53. The Morgan fingerprint density at radius 2 is 2.00 bits per heavy atom. The van der Waals surface area contributed by atoms with Gasteiger partial charge in [-0.3, -0.25) is 4.99 Å². The molecule has 0 saturated heterocycles. The van der Waals surface area contributed by atoms with Gasteiger partial charge < -0.3 is 15.5 Å². The Kier molecular flexibility index (Phi) is 8.30. The lowest BCUT2D eigenvalue weighted by Gasteiger charge is -2.20. The smallest absolute Gasteiger partial charge is 0.191 e. The molecule has 0 aliphatic carbocycles. The highest BCUT2D eigenvalue weighted by molar-refractivity contribution is 7.11. The second-order valence-corrected chi connectivity index (χ2v) is 6.32. The van der Waals surface area contributed by atoms with Crippen molar-refractivity contribution < 1.29 is 0 Å². The maximum Gasteiger partial charge on any atom is 0.191 e. The van der Waals surface area contributed by atoms with Crippen LogP contribution in [0.15, 0.2) is 4.99 Å². The first kappa shape index (κ1) is 17.9. The second kappa shape index (κ2) is 9.73. The van der Waals surface area contributed by atoms with E-state index in [1.165, 1.54) is 11.3 Å². The number of likely N-dealkylation sites (N-methyl/N-ethyl adjacent to an activating group) is 1. The van der Waals surface area contributed by atoms with Crippen LogP contribution in [0.4, 0.5) is 0 Å². The third-order valence-electron chi connectivity index (χ3n) is 3.41. The lowest BCUT2D eigenvalue weighted by molar-refractivity contribution is 0.293. The van der Waals surface area contributed by atoms with E-state index in [1.807, 2.05) is 0 Å². The first-order valence-electron chi connectivity index (χ1n) is 7.70. The van der Waals surface area contributed by atoms with Gasteiger partial charge in [-0.1, -0.05) is 13.8 Å². The van der Waals surface area contributed by atoms with Crippen molar-refractivity contribution in [2.45, 2.75) is 40.7 Å². The number of aryl methyl sites for hydroxylation is 2. The van der Waals surface area contributed by atoms with Crippen molar-refractivity contribution in [1.82, 2.24) is 20.5 Å². The maximum atomic E-state index is 4.53. The van der Waals surface area contributed by atoms with Crippen molar-refractivity contribution in [2.75, 3.05) is 33.2 Å². The van der Waals surface area contributed by atoms with E-state index in [1.54, 1.807) is 18.4 Å². The number of hydrogen-bond acceptors (Lipinski definition) is 4. The fourth-order valence-corrected chi connectivity index (χ4v) is 2.95. The molecule has 21 heavy (non-hydrogen) atoms. The number of nitrogens with zero attached hydrogens (tertiary/aromatic N) is 3. The topological polar surface area (TPSA) is 52.5 Å². The minimum atomic E-state index is 0.728. The van der Waals surface area contributed by atoms with Crippen molar-refractivity contribution in [1.29, 1.82) is 0 Å². The highest BCUT2D eigenvalue weighted by atomic mass is 32.1. The van der Waals surface area contributed by atoms with Gasteiger partial charge in [-0.05, 0) is 33.4 Å². The van der Waals surface area contributed by atoms with Gasteiger partial charge in [0.25, 0.3) is 0 Å². The summed E-state index contributed by atoms with van der Waals surface area (Å²) >= 11 is 1.74. The Morgan fingerprint density at radius 3 is 2.52 bits per heavy atom. The van der Waals surface area contributed by atoms with E-state index in [0.29, 0.717) is 0 Å². The largest absolute Gasteiger partial charge is 0.355 e. The molecule has 0 bridgehead atoms. The van der Waals surface area contributed by atoms with Gasteiger partial charge in [0.05, 0.1) is 12.2 Å². The molecule has 0 fully saturated rings.